The Morgan fingerprint density at radius 1 is 0.385 bits per heavy atom. The minimum absolute atomic E-state index is 0. The maximum atomic E-state index is 10.2. The van der Waals surface area contributed by atoms with Crippen LogP contribution >= 0.6 is 0 Å². The number of aliphatic carboxylic acids is 2. The summed E-state index contributed by atoms with van der Waals surface area (Å²) >= 11 is 0. The predicted molar refractivity (Wildman–Crippen MR) is 162 cm³/mol. The standard InChI is InChI=1S/C18H36O2.C14H28O2.Al.H3N.Zn/c1-2-3-4-5-6-7-8-9-10-11-12-13-14-15-16-17-18(19)20;1-2-3-4-5-6-7-8-9-10-11-12-13-14(15)16;;;/h2-17H2,1H3,(H,19,20);2-13H2,1H3,(H,15,16);;1H3;/q;;+3;;+2/p-1. The van der Waals surface area contributed by atoms with E-state index in [0.717, 1.165) is 25.7 Å². The van der Waals surface area contributed by atoms with Gasteiger partial charge in [-0.3, -0.25) is 0 Å². The molecule has 0 aromatic rings. The number of quaternary nitrogens is 1. The van der Waals surface area contributed by atoms with Crippen LogP contribution in [0.5, 0.6) is 0 Å². The topological polar surface area (TPSA) is 117 Å². The Morgan fingerprint density at radius 2 is 0.538 bits per heavy atom. The molecule has 0 unspecified atom stereocenters. The van der Waals surface area contributed by atoms with E-state index in [4.69, 9.17) is 0 Å². The van der Waals surface area contributed by atoms with E-state index in [-0.39, 0.29) is 55.8 Å². The van der Waals surface area contributed by atoms with Crippen LogP contribution in [-0.4, -0.2) is 29.3 Å². The number of carbonyl (C=O) groups excluding carboxylic acids is 2. The van der Waals surface area contributed by atoms with Crippen molar-refractivity contribution >= 4 is 29.3 Å². The van der Waals surface area contributed by atoms with Crippen molar-refractivity contribution in [3.63, 3.8) is 0 Å². The third kappa shape index (κ3) is 54.8. The smallest absolute Gasteiger partial charge is 0.550 e. The first-order valence-corrected chi connectivity index (χ1v) is 15.9. The maximum Gasteiger partial charge on any atom is 3.00 e. The van der Waals surface area contributed by atoms with E-state index in [2.05, 4.69) is 13.8 Å². The number of rotatable bonds is 28. The summed E-state index contributed by atoms with van der Waals surface area (Å²) in [7, 11) is 0. The summed E-state index contributed by atoms with van der Waals surface area (Å²) in [5.74, 6) is -1.81. The summed E-state index contributed by atoms with van der Waals surface area (Å²) < 4.78 is 0. The van der Waals surface area contributed by atoms with E-state index in [1.165, 1.54) is 141 Å². The van der Waals surface area contributed by atoms with Gasteiger partial charge in [-0.25, -0.2) is 0 Å². The Kier molecular flexibility index (Phi) is 56.3. The maximum absolute atomic E-state index is 10.2. The van der Waals surface area contributed by atoms with Gasteiger partial charge in [0.2, 0.25) is 0 Å². The molecule has 39 heavy (non-hydrogen) atoms. The van der Waals surface area contributed by atoms with Crippen LogP contribution in [0, 0.1) is 0 Å². The molecule has 0 heterocycles. The monoisotopic (exact) mass is 619 g/mol. The molecular formula is C32H66AlNO4Zn+4. The largest absolute Gasteiger partial charge is 3.00 e. The van der Waals surface area contributed by atoms with Gasteiger partial charge in [0.15, 0.2) is 0 Å². The molecule has 0 radical (unpaired) electrons. The molecule has 0 amide bonds. The molecule has 0 aliphatic rings. The minimum Gasteiger partial charge on any atom is -0.550 e. The van der Waals surface area contributed by atoms with Crippen LogP contribution < -0.4 is 16.4 Å². The Bertz CT molecular complexity index is 456. The molecule has 0 aliphatic carbocycles. The zero-order valence-corrected chi connectivity index (χ0v) is 30.8. The van der Waals surface area contributed by atoms with Crippen molar-refractivity contribution < 1.29 is 39.3 Å². The predicted octanol–water partition coefficient (Wildman–Crippen LogP) is 8.43. The van der Waals surface area contributed by atoms with Crippen molar-refractivity contribution in [2.45, 2.75) is 194 Å². The second-order valence-corrected chi connectivity index (χ2v) is 10.7. The molecule has 0 rings (SSSR count). The van der Waals surface area contributed by atoms with E-state index in [9.17, 15) is 19.8 Å². The Labute approximate surface area is 267 Å². The van der Waals surface area contributed by atoms with E-state index < -0.39 is 11.9 Å². The van der Waals surface area contributed by atoms with Gasteiger partial charge in [0.05, 0.1) is 0 Å². The number of carboxylic acids is 2. The van der Waals surface area contributed by atoms with Crippen LogP contribution in [0.1, 0.15) is 194 Å². The molecule has 7 heteroatoms. The van der Waals surface area contributed by atoms with E-state index in [0.29, 0.717) is 0 Å². The Morgan fingerprint density at radius 3 is 0.692 bits per heavy atom. The molecule has 224 valence electrons. The van der Waals surface area contributed by atoms with Crippen LogP contribution in [0.15, 0.2) is 0 Å². The van der Waals surface area contributed by atoms with Crippen LogP contribution in [0.3, 0.4) is 0 Å². The van der Waals surface area contributed by atoms with Gasteiger partial charge >= 0.3 is 36.8 Å². The Hall–Kier alpha value is 0.0558. The summed E-state index contributed by atoms with van der Waals surface area (Å²) in [5, 5.41) is 20.4. The molecule has 4 N–H and O–H groups in total. The summed E-state index contributed by atoms with van der Waals surface area (Å²) in [6.07, 6.45) is 33.9. The van der Waals surface area contributed by atoms with Gasteiger partial charge in [-0.2, -0.15) is 0 Å². The molecule has 0 saturated heterocycles. The third-order valence-corrected chi connectivity index (χ3v) is 6.97. The molecule has 0 aliphatic heterocycles. The number of carbonyl (C=O) groups is 2. The summed E-state index contributed by atoms with van der Waals surface area (Å²) in [4.78, 5) is 20.4. The molecule has 0 saturated carbocycles. The van der Waals surface area contributed by atoms with Gasteiger partial charge in [-0.05, 0) is 25.7 Å². The molecule has 0 bridgehead atoms. The normalized spacial score (nSPS) is 9.90. The van der Waals surface area contributed by atoms with Gasteiger partial charge in [0, 0.05) is 11.9 Å². The zero-order chi connectivity index (χ0) is 27.0. The van der Waals surface area contributed by atoms with E-state index in [1.54, 1.807) is 0 Å². The fraction of sp³-hybridized carbons (Fsp3) is 0.938. The number of unbranched alkanes of at least 4 members (excludes halogenated alkanes) is 24. The first kappa shape index (κ1) is 48.8. The third-order valence-electron chi connectivity index (χ3n) is 6.97. The van der Waals surface area contributed by atoms with E-state index >= 15 is 0 Å². The second kappa shape index (κ2) is 45.1. The summed E-state index contributed by atoms with van der Waals surface area (Å²) in [6.45, 7) is 4.51. The molecule has 0 aromatic heterocycles. The summed E-state index contributed by atoms with van der Waals surface area (Å²) in [5.41, 5.74) is 0. The van der Waals surface area contributed by atoms with Crippen LogP contribution in [0.25, 0.3) is 0 Å². The molecule has 0 fully saturated rings. The molecule has 0 aromatic carbocycles. The van der Waals surface area contributed by atoms with Gasteiger partial charge in [-0.1, -0.05) is 168 Å². The van der Waals surface area contributed by atoms with Crippen molar-refractivity contribution in [3.8, 4) is 0 Å². The van der Waals surface area contributed by atoms with Crippen LogP contribution in [0.2, 0.25) is 0 Å². The van der Waals surface area contributed by atoms with Gasteiger partial charge in [0.1, 0.15) is 0 Å². The fourth-order valence-corrected chi connectivity index (χ4v) is 4.57. The summed E-state index contributed by atoms with van der Waals surface area (Å²) in [6, 6.07) is 0. The van der Waals surface area contributed by atoms with Crippen molar-refractivity contribution in [3.05, 3.63) is 0 Å². The fourth-order valence-electron chi connectivity index (χ4n) is 4.57. The number of hydrogen-bond acceptors (Lipinski definition) is 4. The number of hydrogen-bond donors (Lipinski definition) is 1. The van der Waals surface area contributed by atoms with Crippen molar-refractivity contribution in [1.29, 1.82) is 0 Å². The Balaban J connectivity index is -0.000000187. The molecule has 0 spiro atoms. The molecule has 5 nitrogen and oxygen atoms in total. The van der Waals surface area contributed by atoms with Crippen LogP contribution in [-0.2, 0) is 29.1 Å². The number of carboxylic acid groups (broad SMARTS) is 2. The quantitative estimate of drug-likeness (QED) is 0.0697. The minimum atomic E-state index is -0.907. The van der Waals surface area contributed by atoms with Crippen molar-refractivity contribution in [2.75, 3.05) is 0 Å². The SMILES string of the molecule is CCCCCCCCCCCCCC(=O)[O-].CCCCCCCCCCCCCCCCCC(=O)[O-].[Al+3].[NH4+].[Zn+2]. The van der Waals surface area contributed by atoms with Gasteiger partial charge in [0.25, 0.3) is 0 Å². The molecular weight excluding hydrogens is 555 g/mol. The van der Waals surface area contributed by atoms with Crippen molar-refractivity contribution in [1.82, 2.24) is 6.15 Å². The average molecular weight is 621 g/mol. The molecule has 0 atom stereocenters. The average Bonchev–Trinajstić information content (AvgIpc) is 2.85. The first-order chi connectivity index (χ1) is 17.5. The van der Waals surface area contributed by atoms with Crippen molar-refractivity contribution in [2.24, 2.45) is 0 Å². The van der Waals surface area contributed by atoms with E-state index in [1.807, 2.05) is 0 Å². The van der Waals surface area contributed by atoms with Gasteiger partial charge < -0.3 is 26.0 Å². The zero-order valence-electron chi connectivity index (χ0n) is 26.7. The van der Waals surface area contributed by atoms with Crippen LogP contribution in [0.4, 0.5) is 0 Å². The second-order valence-electron chi connectivity index (χ2n) is 10.7. The first-order valence-electron chi connectivity index (χ1n) is 15.9. The van der Waals surface area contributed by atoms with Gasteiger partial charge in [-0.15, -0.1) is 0 Å².